The molecule has 3 unspecified atom stereocenters. The van der Waals surface area contributed by atoms with Crippen LogP contribution in [0.25, 0.3) is 0 Å². The lowest BCUT2D eigenvalue weighted by Gasteiger charge is -2.41. The van der Waals surface area contributed by atoms with Crippen molar-refractivity contribution < 1.29 is 0 Å². The largest absolute Gasteiger partial charge is 0.247 e. The van der Waals surface area contributed by atoms with Gasteiger partial charge in [-0.2, -0.15) is 0 Å². The van der Waals surface area contributed by atoms with Gasteiger partial charge in [0.1, 0.15) is 0 Å². The highest BCUT2D eigenvalue weighted by molar-refractivity contribution is 6.30. The predicted molar refractivity (Wildman–Crippen MR) is 80.3 cm³/mol. The van der Waals surface area contributed by atoms with Gasteiger partial charge in [-0.25, -0.2) is 10.4 Å². The van der Waals surface area contributed by atoms with E-state index in [1.165, 1.54) is 36.8 Å². The smallest absolute Gasteiger partial charge is 0.0470 e. The van der Waals surface area contributed by atoms with Crippen molar-refractivity contribution in [3.8, 4) is 0 Å². The molecule has 1 fully saturated rings. The van der Waals surface area contributed by atoms with Crippen LogP contribution in [0.15, 0.2) is 18.2 Å². The molecule has 0 bridgehead atoms. The van der Waals surface area contributed by atoms with Gasteiger partial charge in [0.25, 0.3) is 0 Å². The summed E-state index contributed by atoms with van der Waals surface area (Å²) in [7, 11) is 0. The number of halogens is 1. The minimum Gasteiger partial charge on any atom is -0.247 e. The van der Waals surface area contributed by atoms with Crippen LogP contribution in [0.5, 0.6) is 0 Å². The summed E-state index contributed by atoms with van der Waals surface area (Å²) in [5, 5.41) is 3.34. The fourth-order valence-electron chi connectivity index (χ4n) is 3.58. The normalized spacial score (nSPS) is 31.4. The maximum absolute atomic E-state index is 6.08. The van der Waals surface area contributed by atoms with E-state index in [-0.39, 0.29) is 0 Å². The van der Waals surface area contributed by atoms with Gasteiger partial charge in [-0.3, -0.25) is 0 Å². The van der Waals surface area contributed by atoms with Crippen LogP contribution in [-0.4, -0.2) is 17.1 Å². The summed E-state index contributed by atoms with van der Waals surface area (Å²) in [4.78, 5) is 0. The molecule has 104 valence electrons. The van der Waals surface area contributed by atoms with E-state index in [0.29, 0.717) is 18.1 Å². The van der Waals surface area contributed by atoms with Crippen LogP contribution < -0.4 is 5.43 Å². The zero-order valence-electron chi connectivity index (χ0n) is 11.8. The van der Waals surface area contributed by atoms with Gasteiger partial charge < -0.3 is 0 Å². The Labute approximate surface area is 121 Å². The molecule has 1 aliphatic carbocycles. The Balaban J connectivity index is 1.75. The molecule has 1 heterocycles. The van der Waals surface area contributed by atoms with Crippen LogP contribution >= 0.6 is 11.6 Å². The van der Waals surface area contributed by atoms with Crippen LogP contribution in [0.1, 0.15) is 56.7 Å². The number of hydrogen-bond acceptors (Lipinski definition) is 2. The van der Waals surface area contributed by atoms with Gasteiger partial charge in [0, 0.05) is 23.1 Å². The monoisotopic (exact) mass is 278 g/mol. The molecular weight excluding hydrogens is 256 g/mol. The molecular formula is C16H23ClN2. The van der Waals surface area contributed by atoms with Gasteiger partial charge in [-0.1, -0.05) is 24.1 Å². The first-order valence-electron chi connectivity index (χ1n) is 7.48. The fraction of sp³-hybridized carbons (Fsp3) is 0.625. The summed E-state index contributed by atoms with van der Waals surface area (Å²) >= 11 is 6.08. The summed E-state index contributed by atoms with van der Waals surface area (Å²) in [6.45, 7) is 4.67. The lowest BCUT2D eigenvalue weighted by atomic mass is 9.99. The second-order valence-electron chi connectivity index (χ2n) is 6.10. The van der Waals surface area contributed by atoms with Crippen LogP contribution in [-0.2, 0) is 6.42 Å². The van der Waals surface area contributed by atoms with E-state index in [0.717, 1.165) is 11.4 Å². The molecule has 1 aromatic carbocycles. The number of hydrazine groups is 1. The van der Waals surface area contributed by atoms with Crippen molar-refractivity contribution in [1.82, 2.24) is 10.4 Å². The molecule has 0 aromatic heterocycles. The van der Waals surface area contributed by atoms with E-state index < -0.39 is 0 Å². The zero-order chi connectivity index (χ0) is 13.4. The van der Waals surface area contributed by atoms with E-state index in [1.54, 1.807) is 0 Å². The molecule has 19 heavy (non-hydrogen) atoms. The van der Waals surface area contributed by atoms with E-state index in [1.807, 2.05) is 6.07 Å². The SMILES string of the molecule is CC1CCCC(C)N1NC1CCc2cc(Cl)ccc21. The third-order valence-electron chi connectivity index (χ3n) is 4.68. The molecule has 0 amide bonds. The van der Waals surface area contributed by atoms with E-state index in [2.05, 4.69) is 36.4 Å². The summed E-state index contributed by atoms with van der Waals surface area (Å²) < 4.78 is 0. The summed E-state index contributed by atoms with van der Waals surface area (Å²) in [5.74, 6) is 0. The number of nitrogens with one attached hydrogen (secondary N) is 1. The average molecular weight is 279 g/mol. The van der Waals surface area contributed by atoms with Gasteiger partial charge in [0.05, 0.1) is 0 Å². The molecule has 0 radical (unpaired) electrons. The van der Waals surface area contributed by atoms with E-state index in [4.69, 9.17) is 11.6 Å². The van der Waals surface area contributed by atoms with Crippen molar-refractivity contribution in [2.75, 3.05) is 0 Å². The summed E-state index contributed by atoms with van der Waals surface area (Å²) in [5.41, 5.74) is 6.64. The quantitative estimate of drug-likeness (QED) is 0.876. The van der Waals surface area contributed by atoms with Crippen molar-refractivity contribution in [1.29, 1.82) is 0 Å². The molecule has 3 rings (SSSR count). The van der Waals surface area contributed by atoms with Crippen molar-refractivity contribution in [3.63, 3.8) is 0 Å². The molecule has 0 saturated carbocycles. The van der Waals surface area contributed by atoms with Crippen molar-refractivity contribution in [2.45, 2.75) is 64.1 Å². The highest BCUT2D eigenvalue weighted by Crippen LogP contribution is 2.34. The summed E-state index contributed by atoms with van der Waals surface area (Å²) in [6.07, 6.45) is 6.29. The first-order valence-corrected chi connectivity index (χ1v) is 7.86. The van der Waals surface area contributed by atoms with Gasteiger partial charge in [0.15, 0.2) is 0 Å². The van der Waals surface area contributed by atoms with E-state index >= 15 is 0 Å². The van der Waals surface area contributed by atoms with Gasteiger partial charge in [0.2, 0.25) is 0 Å². The maximum Gasteiger partial charge on any atom is 0.0470 e. The van der Waals surface area contributed by atoms with Crippen LogP contribution in [0.2, 0.25) is 5.02 Å². The van der Waals surface area contributed by atoms with Gasteiger partial charge in [-0.15, -0.1) is 0 Å². The molecule has 1 aliphatic heterocycles. The molecule has 2 nitrogen and oxygen atoms in total. The Morgan fingerprint density at radius 2 is 1.89 bits per heavy atom. The average Bonchev–Trinajstić information content (AvgIpc) is 2.76. The number of hydrogen-bond donors (Lipinski definition) is 1. The Morgan fingerprint density at radius 3 is 2.63 bits per heavy atom. The minimum atomic E-state index is 0.468. The van der Waals surface area contributed by atoms with E-state index in [9.17, 15) is 0 Å². The Kier molecular flexibility index (Phi) is 3.84. The number of piperidine rings is 1. The lowest BCUT2D eigenvalue weighted by Crippen LogP contribution is -2.52. The summed E-state index contributed by atoms with van der Waals surface area (Å²) in [6, 6.07) is 8.09. The zero-order valence-corrected chi connectivity index (χ0v) is 12.6. The third kappa shape index (κ3) is 2.67. The molecule has 1 N–H and O–H groups in total. The molecule has 3 atom stereocenters. The number of aryl methyl sites for hydroxylation is 1. The fourth-order valence-corrected chi connectivity index (χ4v) is 3.77. The first kappa shape index (κ1) is 13.4. The second-order valence-corrected chi connectivity index (χ2v) is 6.54. The van der Waals surface area contributed by atoms with Crippen molar-refractivity contribution in [2.24, 2.45) is 0 Å². The van der Waals surface area contributed by atoms with Gasteiger partial charge in [-0.05, 0) is 62.8 Å². The Bertz CT molecular complexity index is 450. The van der Waals surface area contributed by atoms with Gasteiger partial charge >= 0.3 is 0 Å². The molecule has 3 heteroatoms. The second kappa shape index (κ2) is 5.43. The topological polar surface area (TPSA) is 15.3 Å². The van der Waals surface area contributed by atoms with Crippen molar-refractivity contribution >= 4 is 11.6 Å². The lowest BCUT2D eigenvalue weighted by molar-refractivity contribution is 0.0293. The highest BCUT2D eigenvalue weighted by atomic mass is 35.5. The number of benzene rings is 1. The molecule has 0 spiro atoms. The predicted octanol–water partition coefficient (Wildman–Crippen LogP) is 4.09. The molecule has 1 aromatic rings. The Morgan fingerprint density at radius 1 is 1.16 bits per heavy atom. The molecule has 1 saturated heterocycles. The van der Waals surface area contributed by atoms with Crippen LogP contribution in [0, 0.1) is 0 Å². The maximum atomic E-state index is 6.08. The number of rotatable bonds is 2. The minimum absolute atomic E-state index is 0.468. The highest BCUT2D eigenvalue weighted by Gasteiger charge is 2.30. The molecule has 2 aliphatic rings. The van der Waals surface area contributed by atoms with Crippen LogP contribution in [0.3, 0.4) is 0 Å². The third-order valence-corrected chi connectivity index (χ3v) is 4.92. The number of nitrogens with zero attached hydrogens (tertiary/aromatic N) is 1. The van der Waals surface area contributed by atoms with Crippen molar-refractivity contribution in [3.05, 3.63) is 34.3 Å². The number of fused-ring (bicyclic) bond motifs is 1. The van der Waals surface area contributed by atoms with Crippen LogP contribution in [0.4, 0.5) is 0 Å². The standard InChI is InChI=1S/C16H23ClN2/c1-11-4-3-5-12(2)19(11)18-16-9-6-13-10-14(17)7-8-15(13)16/h7-8,10-12,16,18H,3-6,9H2,1-2H3. The Hall–Kier alpha value is -0.570. The first-order chi connectivity index (χ1) is 9.15.